The summed E-state index contributed by atoms with van der Waals surface area (Å²) in [6.07, 6.45) is 1.88. The molecule has 0 N–H and O–H groups in total. The average molecular weight is 753 g/mol. The van der Waals surface area contributed by atoms with Gasteiger partial charge in [0, 0.05) is 67.2 Å². The third kappa shape index (κ3) is 5.13. The third-order valence-corrected chi connectivity index (χ3v) is 11.9. The summed E-state index contributed by atoms with van der Waals surface area (Å²) in [5.74, 6) is 0. The number of aromatic nitrogens is 3. The smallest absolute Gasteiger partial charge is 0.0702 e. The summed E-state index contributed by atoms with van der Waals surface area (Å²) in [7, 11) is 0. The first-order valence-electron chi connectivity index (χ1n) is 20.1. The number of anilines is 3. The van der Waals surface area contributed by atoms with Gasteiger partial charge >= 0.3 is 0 Å². The summed E-state index contributed by atoms with van der Waals surface area (Å²) in [5, 5.41) is 3.68. The summed E-state index contributed by atoms with van der Waals surface area (Å²) >= 11 is 0. The Morgan fingerprint density at radius 2 is 0.915 bits per heavy atom. The third-order valence-electron chi connectivity index (χ3n) is 11.9. The van der Waals surface area contributed by atoms with E-state index in [4.69, 9.17) is 4.98 Å². The van der Waals surface area contributed by atoms with Gasteiger partial charge in [-0.25, -0.2) is 0 Å². The van der Waals surface area contributed by atoms with Crippen molar-refractivity contribution in [2.45, 2.75) is 0 Å². The second-order valence-electron chi connectivity index (χ2n) is 15.2. The van der Waals surface area contributed by atoms with Crippen molar-refractivity contribution >= 4 is 49.8 Å². The Morgan fingerprint density at radius 1 is 0.356 bits per heavy atom. The van der Waals surface area contributed by atoms with E-state index in [2.05, 4.69) is 220 Å². The Balaban J connectivity index is 1.23. The molecule has 0 saturated carbocycles. The van der Waals surface area contributed by atoms with Crippen LogP contribution in [0.25, 0.3) is 88.9 Å². The molecule has 1 aliphatic heterocycles. The van der Waals surface area contributed by atoms with Crippen LogP contribution in [0.5, 0.6) is 0 Å². The zero-order valence-corrected chi connectivity index (χ0v) is 32.1. The lowest BCUT2D eigenvalue weighted by molar-refractivity contribution is 1.13. The molecular weight excluding hydrogens is 717 g/mol. The number of hydrogen-bond donors (Lipinski definition) is 0. The molecule has 12 rings (SSSR count). The summed E-state index contributed by atoms with van der Waals surface area (Å²) in [6, 6.07) is 76.8. The van der Waals surface area contributed by atoms with E-state index in [9.17, 15) is 0 Å². The van der Waals surface area contributed by atoms with Crippen LogP contribution in [0, 0.1) is 0 Å². The van der Waals surface area contributed by atoms with Crippen LogP contribution in [-0.2, 0) is 0 Å². The largest absolute Gasteiger partial charge is 0.309 e. The zero-order valence-electron chi connectivity index (χ0n) is 32.1. The maximum atomic E-state index is 4.90. The minimum absolute atomic E-state index is 0.926. The highest BCUT2D eigenvalue weighted by atomic mass is 15.2. The number of rotatable bonds is 5. The van der Waals surface area contributed by atoms with Crippen molar-refractivity contribution in [3.63, 3.8) is 0 Å². The first-order chi connectivity index (χ1) is 29.3. The van der Waals surface area contributed by atoms with Gasteiger partial charge in [-0.05, 0) is 84.4 Å². The van der Waals surface area contributed by atoms with Crippen molar-refractivity contribution < 1.29 is 0 Å². The van der Waals surface area contributed by atoms with Crippen molar-refractivity contribution in [1.82, 2.24) is 14.1 Å². The van der Waals surface area contributed by atoms with Crippen LogP contribution in [0.2, 0.25) is 0 Å². The highest BCUT2D eigenvalue weighted by molar-refractivity contribution is 6.15. The molecule has 0 unspecified atom stereocenters. The Bertz CT molecular complexity index is 3330. The van der Waals surface area contributed by atoms with Crippen LogP contribution in [0.1, 0.15) is 0 Å². The van der Waals surface area contributed by atoms with E-state index in [0.717, 1.165) is 56.4 Å². The molecule has 4 heteroatoms. The molecule has 0 amide bonds. The standard InChI is InChI=1S/C55H36N4/c1-3-18-39(19-4-1)58-51-31-13-9-24-45(51)53-46-25-10-14-32-52(46)59(40-20-5-2-6-21-40)55(53)47-27-17-26-42(54(47)58)37-34-38(48-28-15-16-33-56-48)36-41(35-37)57-49-29-11-7-22-43(49)44-23-8-12-30-50(44)57/h1-36H. The average Bonchev–Trinajstić information content (AvgIpc) is 3.79. The summed E-state index contributed by atoms with van der Waals surface area (Å²) in [6.45, 7) is 0. The number of nitrogens with zero attached hydrogens (tertiary/aromatic N) is 4. The maximum absolute atomic E-state index is 4.90. The molecule has 4 nitrogen and oxygen atoms in total. The van der Waals surface area contributed by atoms with Gasteiger partial charge in [-0.3, -0.25) is 4.98 Å². The van der Waals surface area contributed by atoms with Crippen molar-refractivity contribution in [2.75, 3.05) is 4.90 Å². The highest BCUT2D eigenvalue weighted by Gasteiger charge is 2.33. The van der Waals surface area contributed by atoms with Gasteiger partial charge in [-0.1, -0.05) is 133 Å². The van der Waals surface area contributed by atoms with Crippen LogP contribution in [0.15, 0.2) is 219 Å². The minimum atomic E-state index is 0.926. The SMILES string of the molecule is c1ccc(N2c3ccccc3-c3c(n(-c4ccccc4)c4ccccc34)-c3cccc(-c4cc(-c5ccccn5)cc(-n5c6ccccc6c6ccccc65)c4)c32)cc1. The molecule has 0 radical (unpaired) electrons. The lowest BCUT2D eigenvalue weighted by Crippen LogP contribution is -2.12. The quantitative estimate of drug-likeness (QED) is 0.175. The highest BCUT2D eigenvalue weighted by Crippen LogP contribution is 2.57. The van der Waals surface area contributed by atoms with Gasteiger partial charge in [-0.2, -0.15) is 0 Å². The molecule has 0 aliphatic carbocycles. The van der Waals surface area contributed by atoms with E-state index in [1.807, 2.05) is 12.3 Å². The van der Waals surface area contributed by atoms with Gasteiger partial charge in [0.1, 0.15) is 0 Å². The monoisotopic (exact) mass is 752 g/mol. The molecule has 0 bridgehead atoms. The lowest BCUT2D eigenvalue weighted by atomic mass is 9.93. The molecule has 11 aromatic rings. The summed E-state index contributed by atoms with van der Waals surface area (Å²) in [5.41, 5.74) is 18.0. The second-order valence-corrected chi connectivity index (χ2v) is 15.2. The van der Waals surface area contributed by atoms with E-state index in [-0.39, 0.29) is 0 Å². The van der Waals surface area contributed by atoms with Gasteiger partial charge < -0.3 is 14.0 Å². The Labute approximate surface area is 342 Å². The zero-order chi connectivity index (χ0) is 38.9. The Morgan fingerprint density at radius 3 is 1.63 bits per heavy atom. The number of pyridine rings is 1. The van der Waals surface area contributed by atoms with Gasteiger partial charge in [0.15, 0.2) is 0 Å². The molecule has 0 atom stereocenters. The molecule has 276 valence electrons. The molecule has 3 aromatic heterocycles. The van der Waals surface area contributed by atoms with E-state index in [1.165, 1.54) is 49.5 Å². The Kier molecular flexibility index (Phi) is 7.50. The Hall–Kier alpha value is -7.95. The maximum Gasteiger partial charge on any atom is 0.0702 e. The van der Waals surface area contributed by atoms with Crippen molar-refractivity contribution in [1.29, 1.82) is 0 Å². The molecule has 4 heterocycles. The van der Waals surface area contributed by atoms with E-state index < -0.39 is 0 Å². The normalized spacial score (nSPS) is 12.0. The number of hydrogen-bond acceptors (Lipinski definition) is 2. The lowest BCUT2D eigenvalue weighted by Gasteiger charge is -2.30. The van der Waals surface area contributed by atoms with Crippen molar-refractivity contribution in [3.8, 4) is 56.1 Å². The molecule has 0 spiro atoms. The first kappa shape index (κ1) is 33.2. The van der Waals surface area contributed by atoms with Crippen LogP contribution >= 0.6 is 0 Å². The van der Waals surface area contributed by atoms with Gasteiger partial charge in [0.05, 0.1) is 39.3 Å². The number of para-hydroxylation sites is 7. The van der Waals surface area contributed by atoms with Crippen molar-refractivity contribution in [2.24, 2.45) is 0 Å². The van der Waals surface area contributed by atoms with Gasteiger partial charge in [-0.15, -0.1) is 0 Å². The van der Waals surface area contributed by atoms with Crippen LogP contribution < -0.4 is 4.90 Å². The van der Waals surface area contributed by atoms with E-state index in [1.54, 1.807) is 0 Å². The summed E-state index contributed by atoms with van der Waals surface area (Å²) in [4.78, 5) is 7.39. The van der Waals surface area contributed by atoms with E-state index in [0.29, 0.717) is 0 Å². The van der Waals surface area contributed by atoms with Gasteiger partial charge in [0.25, 0.3) is 0 Å². The number of benzene rings is 8. The summed E-state index contributed by atoms with van der Waals surface area (Å²) < 4.78 is 4.88. The molecule has 0 saturated heterocycles. The van der Waals surface area contributed by atoms with E-state index >= 15 is 0 Å². The fraction of sp³-hybridized carbons (Fsp3) is 0. The number of fused-ring (bicyclic) bond motifs is 10. The molecule has 0 fully saturated rings. The first-order valence-corrected chi connectivity index (χ1v) is 20.1. The minimum Gasteiger partial charge on any atom is -0.309 e. The fourth-order valence-corrected chi connectivity index (χ4v) is 9.44. The topological polar surface area (TPSA) is 26.0 Å². The van der Waals surface area contributed by atoms with Crippen LogP contribution in [0.4, 0.5) is 17.1 Å². The van der Waals surface area contributed by atoms with Crippen LogP contribution in [0.3, 0.4) is 0 Å². The second kappa shape index (κ2) is 13.3. The van der Waals surface area contributed by atoms with Crippen molar-refractivity contribution in [3.05, 3.63) is 219 Å². The molecule has 1 aliphatic rings. The van der Waals surface area contributed by atoms with Crippen LogP contribution in [-0.4, -0.2) is 14.1 Å². The molecular formula is C55H36N4. The predicted molar refractivity (Wildman–Crippen MR) is 245 cm³/mol. The predicted octanol–water partition coefficient (Wildman–Crippen LogP) is 14.6. The fourth-order valence-electron chi connectivity index (χ4n) is 9.44. The molecule has 8 aromatic carbocycles. The van der Waals surface area contributed by atoms with Gasteiger partial charge in [0.2, 0.25) is 0 Å². The molecule has 59 heavy (non-hydrogen) atoms.